The van der Waals surface area contributed by atoms with Gasteiger partial charge >= 0.3 is 5.97 Å². The normalized spacial score (nSPS) is 16.1. The Morgan fingerprint density at radius 3 is 2.39 bits per heavy atom. The Balaban J connectivity index is 2.00. The molecule has 1 heterocycles. The lowest BCUT2D eigenvalue weighted by atomic mass is 10.2. The van der Waals surface area contributed by atoms with Crippen molar-refractivity contribution in [1.82, 2.24) is 0 Å². The summed E-state index contributed by atoms with van der Waals surface area (Å²) >= 11 is 0. The Bertz CT molecular complexity index is 727. The van der Waals surface area contributed by atoms with Gasteiger partial charge in [-0.15, -0.1) is 0 Å². The lowest BCUT2D eigenvalue weighted by molar-refractivity contribution is 0.0696. The van der Waals surface area contributed by atoms with E-state index in [1.165, 1.54) is 6.07 Å². The van der Waals surface area contributed by atoms with Gasteiger partial charge in [0, 0.05) is 28.6 Å². The first kappa shape index (κ1) is 15.7. The second kappa shape index (κ2) is 6.93. The molecule has 6 heteroatoms. The van der Waals surface area contributed by atoms with Crippen molar-refractivity contribution in [1.29, 1.82) is 0 Å². The molecule has 2 aromatic rings. The fourth-order valence-corrected chi connectivity index (χ4v) is 3.64. The van der Waals surface area contributed by atoms with E-state index in [1.807, 2.05) is 18.2 Å². The molecule has 0 radical (unpaired) electrons. The van der Waals surface area contributed by atoms with Crippen LogP contribution in [0.2, 0.25) is 0 Å². The van der Waals surface area contributed by atoms with Gasteiger partial charge in [0.25, 0.3) is 0 Å². The number of rotatable bonds is 4. The number of ether oxygens (including phenoxy) is 1. The maximum Gasteiger partial charge on any atom is 0.335 e. The molecule has 2 aromatic carbocycles. The summed E-state index contributed by atoms with van der Waals surface area (Å²) in [4.78, 5) is 14.6. The molecule has 23 heavy (non-hydrogen) atoms. The molecule has 1 saturated heterocycles. The molecule has 0 spiro atoms. The third-order valence-corrected chi connectivity index (χ3v) is 5.05. The van der Waals surface area contributed by atoms with Gasteiger partial charge in [-0.25, -0.2) is 9.00 Å². The van der Waals surface area contributed by atoms with E-state index in [-0.39, 0.29) is 5.56 Å². The number of anilines is 1. The predicted molar refractivity (Wildman–Crippen MR) is 87.5 cm³/mol. The molecule has 1 unspecified atom stereocenters. The molecule has 0 bridgehead atoms. The van der Waals surface area contributed by atoms with Crippen molar-refractivity contribution in [2.24, 2.45) is 0 Å². The number of morpholine rings is 1. The van der Waals surface area contributed by atoms with Gasteiger partial charge < -0.3 is 14.7 Å². The highest BCUT2D eigenvalue weighted by Crippen LogP contribution is 2.25. The summed E-state index contributed by atoms with van der Waals surface area (Å²) in [5, 5.41) is 9.34. The molecule has 1 fully saturated rings. The van der Waals surface area contributed by atoms with Crippen LogP contribution in [0.4, 0.5) is 5.69 Å². The standard InChI is InChI=1S/C17H17NO4S/c19-17(20)13-10-14(18-6-8-22-9-7-18)12-16(11-13)23(21)15-4-2-1-3-5-15/h1-5,10-12H,6-9H2,(H,19,20). The second-order valence-corrected chi connectivity index (χ2v) is 6.68. The molecule has 5 nitrogen and oxygen atoms in total. The SMILES string of the molecule is O=C(O)c1cc(N2CCOCC2)cc(S(=O)c2ccccc2)c1. The lowest BCUT2D eigenvalue weighted by Crippen LogP contribution is -2.36. The third-order valence-electron chi connectivity index (χ3n) is 3.69. The summed E-state index contributed by atoms with van der Waals surface area (Å²) in [5.41, 5.74) is 0.917. The zero-order valence-electron chi connectivity index (χ0n) is 12.5. The zero-order chi connectivity index (χ0) is 16.2. The summed E-state index contributed by atoms with van der Waals surface area (Å²) in [6.07, 6.45) is 0. The average molecular weight is 331 g/mol. The van der Waals surface area contributed by atoms with Crippen LogP contribution >= 0.6 is 0 Å². The second-order valence-electron chi connectivity index (χ2n) is 5.20. The van der Waals surface area contributed by atoms with Crippen molar-refractivity contribution in [3.8, 4) is 0 Å². The highest BCUT2D eigenvalue weighted by atomic mass is 32.2. The van der Waals surface area contributed by atoms with Crippen LogP contribution in [0.1, 0.15) is 10.4 Å². The molecule has 3 rings (SSSR count). The average Bonchev–Trinajstić information content (AvgIpc) is 2.62. The highest BCUT2D eigenvalue weighted by Gasteiger charge is 2.17. The number of hydrogen-bond donors (Lipinski definition) is 1. The van der Waals surface area contributed by atoms with Crippen LogP contribution in [0.25, 0.3) is 0 Å². The Morgan fingerprint density at radius 1 is 1.04 bits per heavy atom. The van der Waals surface area contributed by atoms with E-state index in [1.54, 1.807) is 24.3 Å². The smallest absolute Gasteiger partial charge is 0.335 e. The molecule has 1 atom stereocenters. The molecule has 0 aromatic heterocycles. The number of carbonyl (C=O) groups is 1. The minimum absolute atomic E-state index is 0.147. The van der Waals surface area contributed by atoms with Crippen LogP contribution in [0.5, 0.6) is 0 Å². The van der Waals surface area contributed by atoms with Crippen molar-refractivity contribution in [3.63, 3.8) is 0 Å². The van der Waals surface area contributed by atoms with E-state index in [0.717, 1.165) is 5.69 Å². The maximum atomic E-state index is 12.7. The quantitative estimate of drug-likeness (QED) is 0.932. The van der Waals surface area contributed by atoms with Crippen LogP contribution in [0.3, 0.4) is 0 Å². The molecule has 1 N–H and O–H groups in total. The Morgan fingerprint density at radius 2 is 1.74 bits per heavy atom. The van der Waals surface area contributed by atoms with Gasteiger partial charge in [0.1, 0.15) is 0 Å². The zero-order valence-corrected chi connectivity index (χ0v) is 13.3. The van der Waals surface area contributed by atoms with E-state index < -0.39 is 16.8 Å². The molecule has 0 aliphatic carbocycles. The largest absolute Gasteiger partial charge is 0.478 e. The maximum absolute atomic E-state index is 12.7. The van der Waals surface area contributed by atoms with E-state index >= 15 is 0 Å². The van der Waals surface area contributed by atoms with Crippen molar-refractivity contribution in [2.75, 3.05) is 31.2 Å². The third kappa shape index (κ3) is 3.60. The number of carboxylic acids is 1. The molecule has 0 amide bonds. The van der Waals surface area contributed by atoms with Crippen LogP contribution < -0.4 is 4.90 Å². The van der Waals surface area contributed by atoms with Gasteiger partial charge in [-0.2, -0.15) is 0 Å². The Labute approximate surface area is 137 Å². The lowest BCUT2D eigenvalue weighted by Gasteiger charge is -2.29. The van der Waals surface area contributed by atoms with Crippen molar-refractivity contribution < 1.29 is 18.8 Å². The van der Waals surface area contributed by atoms with Gasteiger partial charge in [0.15, 0.2) is 0 Å². The van der Waals surface area contributed by atoms with Crippen LogP contribution in [0.15, 0.2) is 58.3 Å². The first-order valence-electron chi connectivity index (χ1n) is 7.33. The van der Waals surface area contributed by atoms with Gasteiger partial charge in [-0.1, -0.05) is 18.2 Å². The molecule has 120 valence electrons. The van der Waals surface area contributed by atoms with Crippen LogP contribution in [0, 0.1) is 0 Å². The summed E-state index contributed by atoms with van der Waals surface area (Å²) in [6, 6.07) is 14.0. The van der Waals surface area contributed by atoms with Crippen molar-refractivity contribution in [3.05, 3.63) is 54.1 Å². The highest BCUT2D eigenvalue weighted by molar-refractivity contribution is 7.85. The topological polar surface area (TPSA) is 66.8 Å². The van der Waals surface area contributed by atoms with E-state index in [9.17, 15) is 14.1 Å². The first-order chi connectivity index (χ1) is 11.1. The minimum Gasteiger partial charge on any atom is -0.478 e. The van der Waals surface area contributed by atoms with E-state index in [4.69, 9.17) is 4.74 Å². The van der Waals surface area contributed by atoms with Crippen molar-refractivity contribution >= 4 is 22.5 Å². The molecule has 0 saturated carbocycles. The van der Waals surface area contributed by atoms with Crippen molar-refractivity contribution in [2.45, 2.75) is 9.79 Å². The monoisotopic (exact) mass is 331 g/mol. The molecular formula is C17H17NO4S. The van der Waals surface area contributed by atoms with Gasteiger partial charge in [-0.05, 0) is 30.3 Å². The fourth-order valence-electron chi connectivity index (χ4n) is 2.50. The van der Waals surface area contributed by atoms with Gasteiger partial charge in [-0.3, -0.25) is 0 Å². The number of benzene rings is 2. The number of aromatic carboxylic acids is 1. The summed E-state index contributed by atoms with van der Waals surface area (Å²) in [6.45, 7) is 2.60. The van der Waals surface area contributed by atoms with Gasteiger partial charge in [0.2, 0.25) is 0 Å². The summed E-state index contributed by atoms with van der Waals surface area (Å²) < 4.78 is 18.1. The molecular weight excluding hydrogens is 314 g/mol. The molecule has 1 aliphatic heterocycles. The Kier molecular flexibility index (Phi) is 4.73. The van der Waals surface area contributed by atoms with E-state index in [2.05, 4.69) is 4.90 Å². The Hall–Kier alpha value is -2.18. The van der Waals surface area contributed by atoms with Crippen LogP contribution in [-0.4, -0.2) is 41.6 Å². The number of hydrogen-bond acceptors (Lipinski definition) is 4. The predicted octanol–water partition coefficient (Wildman–Crippen LogP) is 2.39. The first-order valence-corrected chi connectivity index (χ1v) is 8.48. The van der Waals surface area contributed by atoms with E-state index in [0.29, 0.717) is 36.1 Å². The van der Waals surface area contributed by atoms with Crippen LogP contribution in [-0.2, 0) is 15.5 Å². The number of nitrogens with zero attached hydrogens (tertiary/aromatic N) is 1. The fraction of sp³-hybridized carbons (Fsp3) is 0.235. The molecule has 1 aliphatic rings. The summed E-state index contributed by atoms with van der Waals surface area (Å²) in [5.74, 6) is -1.02. The summed E-state index contributed by atoms with van der Waals surface area (Å²) in [7, 11) is -1.41. The van der Waals surface area contributed by atoms with Gasteiger partial charge in [0.05, 0.1) is 29.6 Å². The number of carboxylic acid groups (broad SMARTS) is 1. The minimum atomic E-state index is -1.41.